The van der Waals surface area contributed by atoms with Crippen LogP contribution in [0.3, 0.4) is 0 Å². The highest BCUT2D eigenvalue weighted by molar-refractivity contribution is 9.10. The Hall–Kier alpha value is -1.44. The average Bonchev–Trinajstić information content (AvgIpc) is 2.50. The van der Waals surface area contributed by atoms with Crippen molar-refractivity contribution in [2.75, 3.05) is 44.6 Å². The molecule has 1 heterocycles. The number of piperazine rings is 1. The van der Waals surface area contributed by atoms with Gasteiger partial charge in [-0.05, 0) is 24.3 Å². The molecule has 0 bridgehead atoms. The lowest BCUT2D eigenvalue weighted by molar-refractivity contribution is -0.144. The number of nitrogens with two attached hydrogens (primary N) is 1. The highest BCUT2D eigenvalue weighted by Gasteiger charge is 2.25. The van der Waals surface area contributed by atoms with Crippen LogP contribution in [0.4, 0.5) is 5.69 Å². The van der Waals surface area contributed by atoms with Gasteiger partial charge in [-0.15, -0.1) is 0 Å². The van der Waals surface area contributed by atoms with Gasteiger partial charge in [0.05, 0.1) is 0 Å². The Morgan fingerprint density at radius 3 is 2.33 bits per heavy atom. The molecule has 1 aromatic rings. The number of carbonyl (C=O) groups is 2. The summed E-state index contributed by atoms with van der Waals surface area (Å²) in [5.74, 6) is -1.07. The molecule has 114 valence electrons. The first-order valence-corrected chi connectivity index (χ1v) is 7.67. The van der Waals surface area contributed by atoms with Gasteiger partial charge in [-0.25, -0.2) is 0 Å². The molecule has 1 aromatic carbocycles. The fraction of sp³-hybridized carbons (Fsp3) is 0.429. The summed E-state index contributed by atoms with van der Waals surface area (Å²) in [5.41, 5.74) is 6.12. The van der Waals surface area contributed by atoms with E-state index in [-0.39, 0.29) is 0 Å². The van der Waals surface area contributed by atoms with Crippen molar-refractivity contribution in [1.82, 2.24) is 9.80 Å². The molecule has 0 atom stereocenters. The largest absolute Gasteiger partial charge is 0.332 e. The Kier molecular flexibility index (Phi) is 5.72. The van der Waals surface area contributed by atoms with E-state index in [1.807, 2.05) is 12.1 Å². The summed E-state index contributed by atoms with van der Waals surface area (Å²) >= 11 is 3.32. The van der Waals surface area contributed by atoms with Crippen LogP contribution in [0.1, 0.15) is 0 Å². The van der Waals surface area contributed by atoms with Crippen LogP contribution in [-0.2, 0) is 9.59 Å². The number of rotatable bonds is 3. The predicted molar refractivity (Wildman–Crippen MR) is 84.8 cm³/mol. The number of nitrogens with one attached hydrogen (secondary N) is 1. The third-order valence-electron chi connectivity index (χ3n) is 3.40. The van der Waals surface area contributed by atoms with Gasteiger partial charge in [-0.3, -0.25) is 14.5 Å². The third kappa shape index (κ3) is 4.52. The summed E-state index contributed by atoms with van der Waals surface area (Å²) in [5, 5.41) is 2.62. The summed E-state index contributed by atoms with van der Waals surface area (Å²) in [6, 6.07) is 7.11. The first-order valence-electron chi connectivity index (χ1n) is 6.88. The minimum absolute atomic E-state index is 0.481. The van der Waals surface area contributed by atoms with Gasteiger partial charge >= 0.3 is 11.8 Å². The van der Waals surface area contributed by atoms with Crippen molar-refractivity contribution < 1.29 is 9.59 Å². The highest BCUT2D eigenvalue weighted by atomic mass is 79.9. The van der Waals surface area contributed by atoms with E-state index in [4.69, 9.17) is 5.73 Å². The van der Waals surface area contributed by atoms with Crippen molar-refractivity contribution >= 4 is 33.4 Å². The van der Waals surface area contributed by atoms with Crippen LogP contribution in [0.2, 0.25) is 0 Å². The fourth-order valence-electron chi connectivity index (χ4n) is 2.22. The summed E-state index contributed by atoms with van der Waals surface area (Å²) in [6.45, 7) is 4.08. The molecule has 1 aliphatic rings. The second-order valence-corrected chi connectivity index (χ2v) is 5.80. The molecule has 2 rings (SSSR count). The maximum absolute atomic E-state index is 12.1. The normalized spacial score (nSPS) is 15.8. The van der Waals surface area contributed by atoms with Gasteiger partial charge in [0, 0.05) is 49.4 Å². The van der Waals surface area contributed by atoms with Crippen LogP contribution in [0.25, 0.3) is 0 Å². The molecule has 0 aliphatic carbocycles. The van der Waals surface area contributed by atoms with Gasteiger partial charge in [0.25, 0.3) is 0 Å². The molecule has 0 radical (unpaired) electrons. The van der Waals surface area contributed by atoms with Crippen LogP contribution < -0.4 is 11.1 Å². The van der Waals surface area contributed by atoms with E-state index in [0.29, 0.717) is 25.3 Å². The van der Waals surface area contributed by atoms with Crippen molar-refractivity contribution in [3.05, 3.63) is 28.7 Å². The van der Waals surface area contributed by atoms with E-state index >= 15 is 0 Å². The van der Waals surface area contributed by atoms with Crippen LogP contribution in [0.15, 0.2) is 28.7 Å². The number of hydrogen-bond donors (Lipinski definition) is 2. The average molecular weight is 355 g/mol. The molecule has 0 spiro atoms. The van der Waals surface area contributed by atoms with Crippen LogP contribution in [0, 0.1) is 0 Å². The Morgan fingerprint density at radius 2 is 1.76 bits per heavy atom. The molecule has 0 aromatic heterocycles. The van der Waals surface area contributed by atoms with Gasteiger partial charge in [0.15, 0.2) is 0 Å². The Bertz CT molecular complexity index is 498. The van der Waals surface area contributed by atoms with E-state index in [1.165, 1.54) is 0 Å². The maximum Gasteiger partial charge on any atom is 0.313 e. The molecule has 3 N–H and O–H groups in total. The topological polar surface area (TPSA) is 78.7 Å². The molecular formula is C14H19BrN4O2. The molecule has 0 saturated carbocycles. The molecule has 1 saturated heterocycles. The molecule has 1 aliphatic heterocycles. The molecule has 6 nitrogen and oxygen atoms in total. The van der Waals surface area contributed by atoms with E-state index in [9.17, 15) is 9.59 Å². The highest BCUT2D eigenvalue weighted by Crippen LogP contribution is 2.14. The number of benzene rings is 1. The maximum atomic E-state index is 12.1. The lowest BCUT2D eigenvalue weighted by Crippen LogP contribution is -2.52. The van der Waals surface area contributed by atoms with Crippen LogP contribution >= 0.6 is 15.9 Å². The summed E-state index contributed by atoms with van der Waals surface area (Å²) in [7, 11) is 0. The Balaban J connectivity index is 1.85. The summed E-state index contributed by atoms with van der Waals surface area (Å²) in [4.78, 5) is 27.8. The Labute approximate surface area is 132 Å². The second-order valence-electron chi connectivity index (χ2n) is 4.88. The molecule has 1 fully saturated rings. The standard InChI is InChI=1S/C14H19BrN4O2/c15-11-1-3-12(4-2-11)17-13(20)14(21)19-9-7-18(6-5-16)8-10-19/h1-4H,5-10,16H2,(H,17,20). The summed E-state index contributed by atoms with van der Waals surface area (Å²) < 4.78 is 0.919. The zero-order valence-corrected chi connectivity index (χ0v) is 13.3. The van der Waals surface area contributed by atoms with Crippen molar-refractivity contribution in [1.29, 1.82) is 0 Å². The zero-order valence-electron chi connectivity index (χ0n) is 11.7. The van der Waals surface area contributed by atoms with Gasteiger partial charge in [-0.1, -0.05) is 15.9 Å². The van der Waals surface area contributed by atoms with E-state index in [1.54, 1.807) is 17.0 Å². The van der Waals surface area contributed by atoms with E-state index in [0.717, 1.165) is 24.1 Å². The first-order chi connectivity index (χ1) is 10.1. The number of halogens is 1. The number of hydrogen-bond acceptors (Lipinski definition) is 4. The van der Waals surface area contributed by atoms with E-state index in [2.05, 4.69) is 26.1 Å². The molecule has 0 unspecified atom stereocenters. The third-order valence-corrected chi connectivity index (χ3v) is 3.93. The van der Waals surface area contributed by atoms with Gasteiger partial charge in [-0.2, -0.15) is 0 Å². The smallest absolute Gasteiger partial charge is 0.313 e. The SMILES string of the molecule is NCCN1CCN(C(=O)C(=O)Nc2ccc(Br)cc2)CC1. The van der Waals surface area contributed by atoms with Crippen molar-refractivity contribution in [3.63, 3.8) is 0 Å². The second kappa shape index (κ2) is 7.53. The molecule has 7 heteroatoms. The van der Waals surface area contributed by atoms with Crippen molar-refractivity contribution in [3.8, 4) is 0 Å². The van der Waals surface area contributed by atoms with E-state index < -0.39 is 11.8 Å². The molecular weight excluding hydrogens is 336 g/mol. The number of nitrogens with zero attached hydrogens (tertiary/aromatic N) is 2. The molecule has 2 amide bonds. The van der Waals surface area contributed by atoms with Gasteiger partial charge in [0.2, 0.25) is 0 Å². The number of anilines is 1. The van der Waals surface area contributed by atoms with Crippen LogP contribution in [0.5, 0.6) is 0 Å². The summed E-state index contributed by atoms with van der Waals surface area (Å²) in [6.07, 6.45) is 0. The number of amides is 2. The first kappa shape index (κ1) is 15.9. The quantitative estimate of drug-likeness (QED) is 0.774. The minimum atomic E-state index is -0.593. The van der Waals surface area contributed by atoms with Crippen molar-refractivity contribution in [2.45, 2.75) is 0 Å². The van der Waals surface area contributed by atoms with Crippen molar-refractivity contribution in [2.24, 2.45) is 5.73 Å². The lowest BCUT2D eigenvalue weighted by atomic mass is 10.3. The predicted octanol–water partition coefficient (Wildman–Crippen LogP) is 0.490. The Morgan fingerprint density at radius 1 is 1.14 bits per heavy atom. The lowest BCUT2D eigenvalue weighted by Gasteiger charge is -2.34. The molecule has 21 heavy (non-hydrogen) atoms. The van der Waals surface area contributed by atoms with Gasteiger partial charge < -0.3 is 16.0 Å². The fourth-order valence-corrected chi connectivity index (χ4v) is 2.48. The van der Waals surface area contributed by atoms with Crippen LogP contribution in [-0.4, -0.2) is 60.9 Å². The zero-order chi connectivity index (χ0) is 15.2. The minimum Gasteiger partial charge on any atom is -0.332 e. The monoisotopic (exact) mass is 354 g/mol. The number of carbonyl (C=O) groups excluding carboxylic acids is 2. The van der Waals surface area contributed by atoms with Gasteiger partial charge in [0.1, 0.15) is 0 Å².